The van der Waals surface area contributed by atoms with Crippen LogP contribution in [0.3, 0.4) is 0 Å². The van der Waals surface area contributed by atoms with Gasteiger partial charge in [0.25, 0.3) is 5.91 Å². The first-order chi connectivity index (χ1) is 14.4. The zero-order valence-corrected chi connectivity index (χ0v) is 18.2. The van der Waals surface area contributed by atoms with Crippen molar-refractivity contribution in [3.05, 3.63) is 75.6 Å². The quantitative estimate of drug-likeness (QED) is 0.559. The number of aromatic nitrogens is 1. The van der Waals surface area contributed by atoms with Crippen molar-refractivity contribution in [2.45, 2.75) is 19.4 Å². The van der Waals surface area contributed by atoms with Crippen molar-refractivity contribution >= 4 is 38.5 Å². The fraction of sp³-hybridized carbons (Fsp3) is 0.217. The number of ketones is 1. The number of carbonyl (C=O) groups excluding carboxylic acids is 2. The van der Waals surface area contributed by atoms with Crippen LogP contribution in [0.4, 0.5) is 0 Å². The number of hydrogen-bond donors (Lipinski definition) is 2. The van der Waals surface area contributed by atoms with E-state index in [1.807, 2.05) is 48.7 Å². The van der Waals surface area contributed by atoms with Gasteiger partial charge in [-0.1, -0.05) is 28.1 Å². The molecule has 0 spiro atoms. The molecule has 7 heteroatoms. The number of halogens is 1. The summed E-state index contributed by atoms with van der Waals surface area (Å²) in [4.78, 5) is 29.9. The minimum absolute atomic E-state index is 0.138. The lowest BCUT2D eigenvalue weighted by Crippen LogP contribution is -2.32. The third kappa shape index (κ3) is 3.50. The summed E-state index contributed by atoms with van der Waals surface area (Å²) in [5.41, 5.74) is 2.92. The molecular weight excluding hydrogens is 448 g/mol. The highest BCUT2D eigenvalue weighted by Gasteiger charge is 2.42. The molecule has 1 aliphatic rings. The van der Waals surface area contributed by atoms with Gasteiger partial charge in [-0.2, -0.15) is 0 Å². The highest BCUT2D eigenvalue weighted by molar-refractivity contribution is 9.10. The highest BCUT2D eigenvalue weighted by atomic mass is 79.9. The Bertz CT molecular complexity index is 1180. The van der Waals surface area contributed by atoms with E-state index in [0.29, 0.717) is 13.0 Å². The Hall–Kier alpha value is -3.06. The molecule has 2 heterocycles. The summed E-state index contributed by atoms with van der Waals surface area (Å²) in [7, 11) is 1.62. The Kier molecular flexibility index (Phi) is 5.39. The summed E-state index contributed by atoms with van der Waals surface area (Å²) < 4.78 is 6.16. The van der Waals surface area contributed by atoms with Crippen molar-refractivity contribution in [3.8, 4) is 5.75 Å². The first kappa shape index (κ1) is 20.2. The fourth-order valence-electron chi connectivity index (χ4n) is 4.00. The number of ether oxygens (including phenoxy) is 1. The van der Waals surface area contributed by atoms with Crippen LogP contribution in [0, 0.1) is 0 Å². The van der Waals surface area contributed by atoms with Crippen molar-refractivity contribution < 1.29 is 19.4 Å². The molecule has 1 unspecified atom stereocenters. The molecule has 1 atom stereocenters. The van der Waals surface area contributed by atoms with E-state index in [1.54, 1.807) is 12.0 Å². The van der Waals surface area contributed by atoms with Crippen molar-refractivity contribution in [1.29, 1.82) is 0 Å². The summed E-state index contributed by atoms with van der Waals surface area (Å²) in [6.07, 6.45) is 2.47. The molecule has 2 aromatic carbocycles. The third-order valence-corrected chi connectivity index (χ3v) is 5.94. The van der Waals surface area contributed by atoms with Crippen molar-refractivity contribution in [1.82, 2.24) is 9.88 Å². The molecule has 1 aliphatic heterocycles. The number of Topliss-reactive ketones (excluding diaryl/α,β-unsaturated/α-hetero) is 1. The van der Waals surface area contributed by atoms with Crippen molar-refractivity contribution in [2.75, 3.05) is 13.7 Å². The molecule has 2 N–H and O–H groups in total. The SMILES string of the molecule is COc1ccc2[nH]cc(CCN3C(=O)C(O)=C(C(C)=O)C3c3cccc(Br)c3)c2c1. The van der Waals surface area contributed by atoms with Crippen LogP contribution in [-0.4, -0.2) is 40.3 Å². The van der Waals surface area contributed by atoms with Crippen molar-refractivity contribution in [2.24, 2.45) is 0 Å². The minimum Gasteiger partial charge on any atom is -0.503 e. The number of aromatic amines is 1. The lowest BCUT2D eigenvalue weighted by molar-refractivity contribution is -0.129. The number of amides is 1. The van der Waals surface area contributed by atoms with E-state index in [4.69, 9.17) is 4.74 Å². The molecule has 1 aromatic heterocycles. The molecule has 154 valence electrons. The van der Waals surface area contributed by atoms with Crippen LogP contribution in [0.5, 0.6) is 5.75 Å². The molecule has 30 heavy (non-hydrogen) atoms. The summed E-state index contributed by atoms with van der Waals surface area (Å²) in [6.45, 7) is 1.72. The maximum Gasteiger partial charge on any atom is 0.290 e. The third-order valence-electron chi connectivity index (χ3n) is 5.44. The first-order valence-electron chi connectivity index (χ1n) is 9.55. The van der Waals surface area contributed by atoms with Gasteiger partial charge < -0.3 is 19.7 Å². The summed E-state index contributed by atoms with van der Waals surface area (Å²) in [5.74, 6) is -0.549. The van der Waals surface area contributed by atoms with Gasteiger partial charge in [0.05, 0.1) is 18.7 Å². The highest BCUT2D eigenvalue weighted by Crippen LogP contribution is 2.38. The number of methoxy groups -OCH3 is 1. The topological polar surface area (TPSA) is 82.6 Å². The predicted octanol–water partition coefficient (Wildman–Crippen LogP) is 4.47. The van der Waals surface area contributed by atoms with Gasteiger partial charge >= 0.3 is 0 Å². The van der Waals surface area contributed by atoms with Gasteiger partial charge in [-0.15, -0.1) is 0 Å². The Morgan fingerprint density at radius 2 is 2.07 bits per heavy atom. The Morgan fingerprint density at radius 3 is 2.77 bits per heavy atom. The predicted molar refractivity (Wildman–Crippen MR) is 117 cm³/mol. The van der Waals surface area contributed by atoms with Gasteiger partial charge in [-0.25, -0.2) is 0 Å². The second-order valence-electron chi connectivity index (χ2n) is 7.25. The number of carbonyl (C=O) groups is 2. The van der Waals surface area contributed by atoms with Gasteiger partial charge in [0.2, 0.25) is 0 Å². The van der Waals surface area contributed by atoms with Crippen LogP contribution >= 0.6 is 15.9 Å². The molecule has 3 aromatic rings. The molecule has 0 saturated carbocycles. The van der Waals surface area contributed by atoms with Crippen LogP contribution in [0.25, 0.3) is 10.9 Å². The Labute approximate surface area is 182 Å². The molecule has 1 amide bonds. The molecule has 0 saturated heterocycles. The van der Waals surface area contributed by atoms with E-state index in [9.17, 15) is 14.7 Å². The average Bonchev–Trinajstić information content (AvgIpc) is 3.24. The zero-order chi connectivity index (χ0) is 21.4. The van der Waals surface area contributed by atoms with Gasteiger partial charge in [0.15, 0.2) is 11.5 Å². The van der Waals surface area contributed by atoms with Gasteiger partial charge in [0, 0.05) is 28.1 Å². The fourth-order valence-corrected chi connectivity index (χ4v) is 4.42. The average molecular weight is 469 g/mol. The lowest BCUT2D eigenvalue weighted by atomic mass is 9.96. The number of aliphatic hydroxyl groups is 1. The molecule has 4 rings (SSSR count). The van der Waals surface area contributed by atoms with Gasteiger partial charge in [-0.3, -0.25) is 9.59 Å². The maximum absolute atomic E-state index is 12.8. The van der Waals surface area contributed by atoms with E-state index in [2.05, 4.69) is 20.9 Å². The Morgan fingerprint density at radius 1 is 1.27 bits per heavy atom. The molecule has 0 fully saturated rings. The number of aliphatic hydroxyl groups excluding tert-OH is 1. The second-order valence-corrected chi connectivity index (χ2v) is 8.17. The minimum atomic E-state index is -0.618. The number of benzene rings is 2. The summed E-state index contributed by atoms with van der Waals surface area (Å²) >= 11 is 3.44. The number of nitrogens with zero attached hydrogens (tertiary/aromatic N) is 1. The molecule has 0 bridgehead atoms. The standard InChI is InChI=1S/C23H21BrN2O4/c1-13(27)20-21(14-4-3-5-16(24)10-14)26(23(29)22(20)28)9-8-15-12-25-19-7-6-17(30-2)11-18(15)19/h3-7,10-12,21,25,28H,8-9H2,1-2H3. The largest absolute Gasteiger partial charge is 0.503 e. The van der Waals surface area contributed by atoms with Crippen molar-refractivity contribution in [3.63, 3.8) is 0 Å². The van der Waals surface area contributed by atoms with E-state index >= 15 is 0 Å². The second kappa shape index (κ2) is 7.99. The lowest BCUT2D eigenvalue weighted by Gasteiger charge is -2.26. The van der Waals surface area contributed by atoms with Crippen LogP contribution in [0.2, 0.25) is 0 Å². The normalized spacial score (nSPS) is 16.6. The first-order valence-corrected chi connectivity index (χ1v) is 10.3. The van der Waals surface area contributed by atoms with E-state index in [-0.39, 0.29) is 11.4 Å². The number of fused-ring (bicyclic) bond motifs is 1. The number of nitrogens with one attached hydrogen (secondary N) is 1. The summed E-state index contributed by atoms with van der Waals surface area (Å²) in [5, 5.41) is 11.4. The van der Waals surface area contributed by atoms with E-state index < -0.39 is 17.7 Å². The smallest absolute Gasteiger partial charge is 0.290 e. The van der Waals surface area contributed by atoms with Crippen LogP contribution in [0.15, 0.2) is 64.5 Å². The maximum atomic E-state index is 12.8. The van der Waals surface area contributed by atoms with Crippen LogP contribution < -0.4 is 4.74 Å². The van der Waals surface area contributed by atoms with Gasteiger partial charge in [-0.05, 0) is 54.8 Å². The Balaban J connectivity index is 1.67. The van der Waals surface area contributed by atoms with Crippen LogP contribution in [0.1, 0.15) is 24.1 Å². The summed E-state index contributed by atoms with van der Waals surface area (Å²) in [6, 6.07) is 12.6. The molecule has 0 radical (unpaired) electrons. The molecule has 6 nitrogen and oxygen atoms in total. The number of rotatable bonds is 6. The van der Waals surface area contributed by atoms with E-state index in [0.717, 1.165) is 32.3 Å². The number of H-pyrrole nitrogens is 1. The zero-order valence-electron chi connectivity index (χ0n) is 16.6. The van der Waals surface area contributed by atoms with Crippen LogP contribution in [-0.2, 0) is 16.0 Å². The molecule has 0 aliphatic carbocycles. The monoisotopic (exact) mass is 468 g/mol. The van der Waals surface area contributed by atoms with Gasteiger partial charge in [0.1, 0.15) is 5.75 Å². The van der Waals surface area contributed by atoms with E-state index in [1.165, 1.54) is 6.92 Å². The number of hydrogen-bond acceptors (Lipinski definition) is 4. The molecular formula is C23H21BrN2O4.